The molecule has 0 aliphatic carbocycles. The van der Waals surface area contributed by atoms with E-state index in [0.717, 1.165) is 29.4 Å². The van der Waals surface area contributed by atoms with Gasteiger partial charge in [-0.3, -0.25) is 4.98 Å². The highest BCUT2D eigenvalue weighted by Crippen LogP contribution is 2.28. The quantitative estimate of drug-likeness (QED) is 0.461. The van der Waals surface area contributed by atoms with E-state index in [1.807, 2.05) is 30.1 Å². The summed E-state index contributed by atoms with van der Waals surface area (Å²) < 4.78 is 0. The molecule has 0 fully saturated rings. The van der Waals surface area contributed by atoms with Crippen molar-refractivity contribution in [2.45, 2.75) is 25.2 Å². The predicted molar refractivity (Wildman–Crippen MR) is 104 cm³/mol. The molecule has 2 aromatic rings. The molecular formula is C16H23Cl3N2S. The number of benzene rings is 1. The average Bonchev–Trinajstić information content (AvgIpc) is 2.47. The van der Waals surface area contributed by atoms with Crippen molar-refractivity contribution >= 4 is 59.1 Å². The Hall–Kier alpha value is -0.190. The Kier molecular flexibility index (Phi) is 11.3. The summed E-state index contributed by atoms with van der Waals surface area (Å²) in [7, 11) is 0. The lowest BCUT2D eigenvalue weighted by Crippen LogP contribution is -2.24. The first-order valence-electron chi connectivity index (χ1n) is 7.14. The van der Waals surface area contributed by atoms with E-state index in [0.29, 0.717) is 0 Å². The minimum Gasteiger partial charge on any atom is -0.304 e. The van der Waals surface area contributed by atoms with Crippen molar-refractivity contribution in [3.05, 3.63) is 35.5 Å². The van der Waals surface area contributed by atoms with Gasteiger partial charge in [-0.1, -0.05) is 31.5 Å². The molecule has 0 radical (unpaired) electrons. The van der Waals surface area contributed by atoms with E-state index >= 15 is 0 Å². The van der Waals surface area contributed by atoms with E-state index in [-0.39, 0.29) is 24.8 Å². The van der Waals surface area contributed by atoms with Gasteiger partial charge in [0.05, 0.1) is 5.52 Å². The van der Waals surface area contributed by atoms with Gasteiger partial charge in [0.15, 0.2) is 0 Å². The second-order valence-electron chi connectivity index (χ2n) is 4.70. The number of rotatable bonds is 7. The van der Waals surface area contributed by atoms with Gasteiger partial charge in [-0.05, 0) is 50.0 Å². The predicted octanol–water partition coefficient (Wildman–Crippen LogP) is 5.56. The van der Waals surface area contributed by atoms with Crippen molar-refractivity contribution < 1.29 is 0 Å². The van der Waals surface area contributed by atoms with E-state index in [1.54, 1.807) is 0 Å². The Morgan fingerprint density at radius 1 is 1.14 bits per heavy atom. The van der Waals surface area contributed by atoms with Crippen LogP contribution in [0.2, 0.25) is 5.02 Å². The number of pyridine rings is 1. The third kappa shape index (κ3) is 6.13. The van der Waals surface area contributed by atoms with Gasteiger partial charge < -0.3 is 4.90 Å². The fourth-order valence-corrected chi connectivity index (χ4v) is 3.38. The van der Waals surface area contributed by atoms with Gasteiger partial charge in [0.1, 0.15) is 0 Å². The Bertz CT molecular complexity index is 562. The van der Waals surface area contributed by atoms with Crippen molar-refractivity contribution in [2.75, 3.05) is 25.4 Å². The number of thioether (sulfide) groups is 1. The zero-order chi connectivity index (χ0) is 14.4. The maximum Gasteiger partial charge on any atom is 0.0728 e. The van der Waals surface area contributed by atoms with E-state index in [1.165, 1.54) is 23.2 Å². The van der Waals surface area contributed by atoms with Gasteiger partial charge in [-0.25, -0.2) is 0 Å². The van der Waals surface area contributed by atoms with Crippen LogP contribution in [0.5, 0.6) is 0 Å². The van der Waals surface area contributed by atoms with E-state index in [9.17, 15) is 0 Å². The average molecular weight is 382 g/mol. The molecular weight excluding hydrogens is 359 g/mol. The van der Waals surface area contributed by atoms with Crippen LogP contribution in [-0.2, 0) is 0 Å². The molecule has 0 saturated carbocycles. The number of halogens is 3. The van der Waals surface area contributed by atoms with Crippen molar-refractivity contribution in [1.29, 1.82) is 0 Å². The summed E-state index contributed by atoms with van der Waals surface area (Å²) in [5.74, 6) is 1.14. The zero-order valence-corrected chi connectivity index (χ0v) is 16.1. The first-order chi connectivity index (χ1) is 9.74. The number of aromatic nitrogens is 1. The third-order valence-corrected chi connectivity index (χ3v) is 4.83. The van der Waals surface area contributed by atoms with E-state index < -0.39 is 0 Å². The molecule has 22 heavy (non-hydrogen) atoms. The van der Waals surface area contributed by atoms with Gasteiger partial charge in [0, 0.05) is 21.5 Å². The maximum atomic E-state index is 6.01. The Balaban J connectivity index is 0.00000220. The van der Waals surface area contributed by atoms with Crippen LogP contribution in [0, 0.1) is 0 Å². The highest BCUT2D eigenvalue weighted by atomic mass is 35.5. The summed E-state index contributed by atoms with van der Waals surface area (Å²) >= 11 is 7.92. The second kappa shape index (κ2) is 11.4. The summed E-state index contributed by atoms with van der Waals surface area (Å²) in [6.07, 6.45) is 3.08. The van der Waals surface area contributed by atoms with Gasteiger partial charge in [-0.15, -0.1) is 36.6 Å². The first kappa shape index (κ1) is 21.8. The fraction of sp³-hybridized carbons (Fsp3) is 0.438. The van der Waals surface area contributed by atoms with Crippen LogP contribution >= 0.6 is 48.2 Å². The SMILES string of the molecule is CCN(CC)CCCSc1ccnc2cc(Cl)ccc12.Cl.Cl. The summed E-state index contributed by atoms with van der Waals surface area (Å²) in [6, 6.07) is 8.03. The lowest BCUT2D eigenvalue weighted by molar-refractivity contribution is 0.305. The Morgan fingerprint density at radius 3 is 2.55 bits per heavy atom. The lowest BCUT2D eigenvalue weighted by Gasteiger charge is -2.17. The van der Waals surface area contributed by atoms with Crippen molar-refractivity contribution in [3.63, 3.8) is 0 Å². The lowest BCUT2D eigenvalue weighted by atomic mass is 10.2. The van der Waals surface area contributed by atoms with Crippen molar-refractivity contribution in [3.8, 4) is 0 Å². The molecule has 0 aliphatic heterocycles. The van der Waals surface area contributed by atoms with Crippen LogP contribution in [0.15, 0.2) is 35.4 Å². The molecule has 124 valence electrons. The van der Waals surface area contributed by atoms with E-state index in [4.69, 9.17) is 11.6 Å². The van der Waals surface area contributed by atoms with Crippen LogP contribution < -0.4 is 0 Å². The molecule has 1 aromatic carbocycles. The minimum absolute atomic E-state index is 0. The smallest absolute Gasteiger partial charge is 0.0728 e. The molecule has 1 aromatic heterocycles. The van der Waals surface area contributed by atoms with Crippen LogP contribution in [0.4, 0.5) is 0 Å². The largest absolute Gasteiger partial charge is 0.304 e. The molecule has 0 aliphatic rings. The summed E-state index contributed by atoms with van der Waals surface area (Å²) in [6.45, 7) is 7.89. The molecule has 0 saturated heterocycles. The molecule has 0 amide bonds. The minimum atomic E-state index is 0. The molecule has 0 spiro atoms. The van der Waals surface area contributed by atoms with E-state index in [2.05, 4.69) is 35.9 Å². The molecule has 0 unspecified atom stereocenters. The molecule has 2 rings (SSSR count). The third-order valence-electron chi connectivity index (χ3n) is 3.44. The summed E-state index contributed by atoms with van der Waals surface area (Å²) in [5, 5.41) is 1.94. The molecule has 0 atom stereocenters. The molecule has 6 heteroatoms. The Labute approximate surface area is 154 Å². The summed E-state index contributed by atoms with van der Waals surface area (Å²) in [4.78, 5) is 8.14. The van der Waals surface area contributed by atoms with Crippen LogP contribution in [0.25, 0.3) is 10.9 Å². The first-order valence-corrected chi connectivity index (χ1v) is 8.50. The van der Waals surface area contributed by atoms with Crippen LogP contribution in [-0.4, -0.2) is 35.3 Å². The highest BCUT2D eigenvalue weighted by molar-refractivity contribution is 7.99. The van der Waals surface area contributed by atoms with Gasteiger partial charge in [0.2, 0.25) is 0 Å². The number of hydrogen-bond donors (Lipinski definition) is 0. The van der Waals surface area contributed by atoms with Gasteiger partial charge in [0.25, 0.3) is 0 Å². The van der Waals surface area contributed by atoms with Gasteiger partial charge >= 0.3 is 0 Å². The number of fused-ring (bicyclic) bond motifs is 1. The second-order valence-corrected chi connectivity index (χ2v) is 6.27. The zero-order valence-electron chi connectivity index (χ0n) is 12.9. The number of nitrogens with zero attached hydrogens (tertiary/aromatic N) is 2. The Morgan fingerprint density at radius 2 is 1.86 bits per heavy atom. The molecule has 0 N–H and O–H groups in total. The monoisotopic (exact) mass is 380 g/mol. The molecule has 1 heterocycles. The molecule has 0 bridgehead atoms. The topological polar surface area (TPSA) is 16.1 Å². The normalized spacial score (nSPS) is 10.4. The van der Waals surface area contributed by atoms with Crippen LogP contribution in [0.1, 0.15) is 20.3 Å². The number of hydrogen-bond acceptors (Lipinski definition) is 3. The van der Waals surface area contributed by atoms with Crippen molar-refractivity contribution in [2.24, 2.45) is 0 Å². The summed E-state index contributed by atoms with van der Waals surface area (Å²) in [5.41, 5.74) is 0.978. The molecule has 2 nitrogen and oxygen atoms in total. The van der Waals surface area contributed by atoms with Gasteiger partial charge in [-0.2, -0.15) is 0 Å². The van der Waals surface area contributed by atoms with Crippen molar-refractivity contribution in [1.82, 2.24) is 9.88 Å². The maximum absolute atomic E-state index is 6.01. The standard InChI is InChI=1S/C16H21ClN2S.2ClH/c1-3-19(4-2)10-5-11-20-16-8-9-18-15-12-13(17)6-7-14(15)16;;/h6-9,12H,3-5,10-11H2,1-2H3;2*1H. The van der Waals surface area contributed by atoms with Crippen LogP contribution in [0.3, 0.4) is 0 Å². The fourth-order valence-electron chi connectivity index (χ4n) is 2.23. The highest BCUT2D eigenvalue weighted by Gasteiger charge is 2.04.